The molecule has 0 aliphatic carbocycles. The predicted molar refractivity (Wildman–Crippen MR) is 81.1 cm³/mol. The molecule has 108 valence electrons. The van der Waals surface area contributed by atoms with Crippen LogP contribution in [0.25, 0.3) is 0 Å². The van der Waals surface area contributed by atoms with Crippen molar-refractivity contribution >= 4 is 34.1 Å². The fourth-order valence-corrected chi connectivity index (χ4v) is 2.98. The maximum absolute atomic E-state index is 12.6. The normalized spacial score (nSPS) is 23.8. The fourth-order valence-electron chi connectivity index (χ4n) is 2.32. The van der Waals surface area contributed by atoms with Crippen LogP contribution in [0.3, 0.4) is 0 Å². The molecular weight excluding hydrogens is 288 g/mol. The van der Waals surface area contributed by atoms with E-state index in [0.717, 1.165) is 4.88 Å². The molecule has 7 heteroatoms. The van der Waals surface area contributed by atoms with Crippen LogP contribution in [0.4, 0.5) is 5.13 Å². The zero-order valence-electron chi connectivity index (χ0n) is 11.7. The minimum Gasteiger partial charge on any atom is -0.317 e. The summed E-state index contributed by atoms with van der Waals surface area (Å²) in [6, 6.07) is 0. The van der Waals surface area contributed by atoms with Crippen LogP contribution in [-0.4, -0.2) is 33.1 Å². The number of nitrogens with zero attached hydrogens (tertiary/aromatic N) is 3. The molecule has 0 spiro atoms. The molecule has 0 fully saturated rings. The summed E-state index contributed by atoms with van der Waals surface area (Å²) in [6.45, 7) is 3.65. The van der Waals surface area contributed by atoms with Gasteiger partial charge in [-0.3, -0.25) is 14.9 Å². The van der Waals surface area contributed by atoms with Crippen LogP contribution in [0, 0.1) is 6.92 Å². The van der Waals surface area contributed by atoms with Gasteiger partial charge in [0.05, 0.1) is 6.42 Å². The minimum atomic E-state index is -1.00. The Morgan fingerprint density at radius 2 is 2.29 bits per heavy atom. The van der Waals surface area contributed by atoms with E-state index < -0.39 is 5.54 Å². The molecular formula is C14H14N4O2S. The average Bonchev–Trinajstić information content (AvgIpc) is 2.84. The third-order valence-electron chi connectivity index (χ3n) is 3.44. The summed E-state index contributed by atoms with van der Waals surface area (Å²) in [7, 11) is 0. The van der Waals surface area contributed by atoms with Crippen molar-refractivity contribution in [3.8, 4) is 0 Å². The quantitative estimate of drug-likeness (QED) is 0.905. The van der Waals surface area contributed by atoms with Gasteiger partial charge in [0.2, 0.25) is 0 Å². The monoisotopic (exact) mass is 302 g/mol. The fraction of sp³-hybridized carbons (Fsp3) is 0.286. The van der Waals surface area contributed by atoms with E-state index in [0.29, 0.717) is 11.0 Å². The van der Waals surface area contributed by atoms with E-state index in [4.69, 9.17) is 0 Å². The number of allylic oxidation sites excluding steroid dienone is 2. The summed E-state index contributed by atoms with van der Waals surface area (Å²) in [5.41, 5.74) is -1.00. The summed E-state index contributed by atoms with van der Waals surface area (Å²) in [5.74, 6) is -0.0755. The molecule has 2 aliphatic heterocycles. The summed E-state index contributed by atoms with van der Waals surface area (Å²) >= 11 is 1.40. The number of aliphatic imine (C=N–C) groups is 1. The van der Waals surface area contributed by atoms with E-state index in [9.17, 15) is 9.59 Å². The van der Waals surface area contributed by atoms with Crippen LogP contribution in [0.1, 0.15) is 18.2 Å². The number of hydrogen-bond acceptors (Lipinski definition) is 5. The molecule has 21 heavy (non-hydrogen) atoms. The highest BCUT2D eigenvalue weighted by atomic mass is 32.1. The maximum atomic E-state index is 12.6. The SMILES string of the molecule is Cc1cnc(NC(=O)C2(C)CC(=O)N=C3C=CC=CN32)s1. The van der Waals surface area contributed by atoms with Crippen LogP contribution >= 0.6 is 11.3 Å². The second-order valence-corrected chi connectivity index (χ2v) is 6.35. The van der Waals surface area contributed by atoms with Crippen molar-refractivity contribution in [1.82, 2.24) is 9.88 Å². The highest BCUT2D eigenvalue weighted by molar-refractivity contribution is 7.15. The Morgan fingerprint density at radius 3 is 3.00 bits per heavy atom. The number of fused-ring (bicyclic) bond motifs is 1. The number of nitrogens with one attached hydrogen (secondary N) is 1. The van der Waals surface area contributed by atoms with Gasteiger partial charge in [-0.25, -0.2) is 4.98 Å². The third-order valence-corrected chi connectivity index (χ3v) is 4.26. The first-order valence-corrected chi connectivity index (χ1v) is 7.30. The summed E-state index contributed by atoms with van der Waals surface area (Å²) in [6.07, 6.45) is 8.81. The second-order valence-electron chi connectivity index (χ2n) is 5.12. The van der Waals surface area contributed by atoms with Crippen molar-refractivity contribution < 1.29 is 9.59 Å². The highest BCUT2D eigenvalue weighted by Crippen LogP contribution is 2.29. The third kappa shape index (κ3) is 2.40. The lowest BCUT2D eigenvalue weighted by molar-refractivity contribution is -0.130. The average molecular weight is 302 g/mol. The summed E-state index contributed by atoms with van der Waals surface area (Å²) in [4.78, 5) is 35.3. The lowest BCUT2D eigenvalue weighted by atomic mass is 9.91. The van der Waals surface area contributed by atoms with Gasteiger partial charge in [-0.1, -0.05) is 6.08 Å². The van der Waals surface area contributed by atoms with Crippen molar-refractivity contribution in [1.29, 1.82) is 0 Å². The van der Waals surface area contributed by atoms with Crippen LogP contribution in [-0.2, 0) is 9.59 Å². The molecule has 3 rings (SSSR count). The number of amidine groups is 1. The van der Waals surface area contributed by atoms with Crippen molar-refractivity contribution in [2.24, 2.45) is 4.99 Å². The second kappa shape index (κ2) is 4.92. The number of carbonyl (C=O) groups is 2. The zero-order valence-corrected chi connectivity index (χ0v) is 12.5. The maximum Gasteiger partial charge on any atom is 0.252 e. The van der Waals surface area contributed by atoms with Gasteiger partial charge in [0.25, 0.3) is 11.8 Å². The van der Waals surface area contributed by atoms with Gasteiger partial charge in [0.1, 0.15) is 11.4 Å². The molecule has 1 aromatic rings. The van der Waals surface area contributed by atoms with Gasteiger partial charge in [-0.15, -0.1) is 11.3 Å². The smallest absolute Gasteiger partial charge is 0.252 e. The van der Waals surface area contributed by atoms with Crippen molar-refractivity contribution in [2.45, 2.75) is 25.8 Å². The van der Waals surface area contributed by atoms with Gasteiger partial charge < -0.3 is 4.90 Å². The number of thiazole rings is 1. The van der Waals surface area contributed by atoms with Crippen molar-refractivity contribution in [3.05, 3.63) is 35.5 Å². The lowest BCUT2D eigenvalue weighted by Crippen LogP contribution is -2.58. The van der Waals surface area contributed by atoms with Gasteiger partial charge in [-0.05, 0) is 26.0 Å². The first-order valence-electron chi connectivity index (χ1n) is 6.49. The standard InChI is InChI=1S/C14H14N4O2S/c1-9-8-15-13(21-9)17-12(20)14(2)7-11(19)16-10-5-3-4-6-18(10)14/h3-6,8H,7H2,1-2H3,(H,15,17,20). The van der Waals surface area contributed by atoms with Crippen molar-refractivity contribution in [3.63, 3.8) is 0 Å². The number of carbonyl (C=O) groups excluding carboxylic acids is 2. The van der Waals surface area contributed by atoms with E-state index >= 15 is 0 Å². The number of aryl methyl sites for hydroxylation is 1. The van der Waals surface area contributed by atoms with Crippen molar-refractivity contribution in [2.75, 3.05) is 5.32 Å². The summed E-state index contributed by atoms with van der Waals surface area (Å²) < 4.78 is 0. The number of rotatable bonds is 2. The van der Waals surface area contributed by atoms with Gasteiger partial charge in [-0.2, -0.15) is 4.99 Å². The van der Waals surface area contributed by atoms with Gasteiger partial charge in [0.15, 0.2) is 5.13 Å². The Balaban J connectivity index is 1.90. The first-order chi connectivity index (χ1) is 9.99. The summed E-state index contributed by atoms with van der Waals surface area (Å²) in [5, 5.41) is 3.32. The molecule has 1 atom stereocenters. The number of amides is 2. The Labute approximate surface area is 125 Å². The lowest BCUT2D eigenvalue weighted by Gasteiger charge is -2.41. The van der Waals surface area contributed by atoms with E-state index in [1.54, 1.807) is 36.4 Å². The van der Waals surface area contributed by atoms with Gasteiger partial charge in [0, 0.05) is 17.3 Å². The molecule has 1 aromatic heterocycles. The van der Waals surface area contributed by atoms with Crippen LogP contribution in [0.5, 0.6) is 0 Å². The highest BCUT2D eigenvalue weighted by Gasteiger charge is 2.45. The molecule has 2 amide bonds. The number of hydrogen-bond donors (Lipinski definition) is 1. The molecule has 0 radical (unpaired) electrons. The zero-order chi connectivity index (χ0) is 15.0. The molecule has 1 unspecified atom stereocenters. The molecule has 6 nitrogen and oxygen atoms in total. The molecule has 0 saturated heterocycles. The van der Waals surface area contributed by atoms with E-state index in [-0.39, 0.29) is 18.2 Å². The molecule has 0 saturated carbocycles. The number of aromatic nitrogens is 1. The van der Waals surface area contributed by atoms with Gasteiger partial charge >= 0.3 is 0 Å². The first kappa shape index (κ1) is 13.7. The Bertz CT molecular complexity index is 704. The minimum absolute atomic E-state index is 0.0326. The molecule has 0 aromatic carbocycles. The largest absolute Gasteiger partial charge is 0.317 e. The molecule has 1 N–H and O–H groups in total. The predicted octanol–water partition coefficient (Wildman–Crippen LogP) is 1.86. The molecule has 3 heterocycles. The van der Waals surface area contributed by atoms with E-state index in [2.05, 4.69) is 15.3 Å². The number of anilines is 1. The molecule has 0 bridgehead atoms. The van der Waals surface area contributed by atoms with E-state index in [1.165, 1.54) is 11.3 Å². The Kier molecular flexibility index (Phi) is 3.21. The molecule has 2 aliphatic rings. The van der Waals surface area contributed by atoms with Crippen LogP contribution in [0.15, 0.2) is 35.6 Å². The Morgan fingerprint density at radius 1 is 1.48 bits per heavy atom. The van der Waals surface area contributed by atoms with E-state index in [1.807, 2.05) is 13.0 Å². The van der Waals surface area contributed by atoms with Crippen LogP contribution < -0.4 is 5.32 Å². The topological polar surface area (TPSA) is 74.7 Å². The van der Waals surface area contributed by atoms with Crippen LogP contribution in [0.2, 0.25) is 0 Å². The Hall–Kier alpha value is -2.28.